The van der Waals surface area contributed by atoms with Crippen LogP contribution in [0.4, 0.5) is 5.69 Å². The predicted molar refractivity (Wildman–Crippen MR) is 101 cm³/mol. The number of anilines is 1. The van der Waals surface area contributed by atoms with Gasteiger partial charge in [0.1, 0.15) is 0 Å². The number of phenols is 1. The lowest BCUT2D eigenvalue weighted by atomic mass is 10.2. The maximum atomic E-state index is 12.7. The first kappa shape index (κ1) is 16.5. The number of thioether (sulfide) groups is 1. The highest BCUT2D eigenvalue weighted by Crippen LogP contribution is 2.36. The van der Waals surface area contributed by atoms with Crippen molar-refractivity contribution in [2.75, 3.05) is 11.5 Å². The Morgan fingerprint density at radius 1 is 1.25 bits per heavy atom. The first-order valence-electron chi connectivity index (χ1n) is 7.39. The van der Waals surface area contributed by atoms with Crippen LogP contribution in [0.3, 0.4) is 0 Å². The van der Waals surface area contributed by atoms with Crippen molar-refractivity contribution in [1.82, 2.24) is 0 Å². The zero-order chi connectivity index (χ0) is 17.1. The smallest absolute Gasteiger partial charge is 0.270 e. The number of carbonyl (C=O) groups excluding carboxylic acids is 1. The van der Waals surface area contributed by atoms with Gasteiger partial charge in [0.05, 0.1) is 17.2 Å². The third kappa shape index (κ3) is 3.29. The highest BCUT2D eigenvalue weighted by atomic mass is 32.2. The van der Waals surface area contributed by atoms with Crippen molar-refractivity contribution in [3.05, 3.63) is 59.0 Å². The topological polar surface area (TPSA) is 49.8 Å². The second-order valence-corrected chi connectivity index (χ2v) is 6.69. The Hall–Kier alpha value is -2.31. The molecule has 0 atom stereocenters. The monoisotopic (exact) mass is 357 g/mol. The second-order valence-electron chi connectivity index (χ2n) is 5.01. The van der Waals surface area contributed by atoms with Crippen molar-refractivity contribution in [2.45, 2.75) is 6.92 Å². The average Bonchev–Trinajstić information content (AvgIpc) is 2.85. The first-order valence-corrected chi connectivity index (χ1v) is 8.61. The lowest BCUT2D eigenvalue weighted by molar-refractivity contribution is -0.113. The maximum absolute atomic E-state index is 12.7. The number of rotatable bonds is 4. The Labute approximate surface area is 149 Å². The lowest BCUT2D eigenvalue weighted by Crippen LogP contribution is -2.27. The molecule has 1 heterocycles. The molecule has 122 valence electrons. The quantitative estimate of drug-likeness (QED) is 0.657. The molecule has 0 aromatic heterocycles. The summed E-state index contributed by atoms with van der Waals surface area (Å²) in [6.07, 6.45) is 1.75. The van der Waals surface area contributed by atoms with Gasteiger partial charge in [0.15, 0.2) is 15.8 Å². The van der Waals surface area contributed by atoms with E-state index in [4.69, 9.17) is 17.0 Å². The van der Waals surface area contributed by atoms with Crippen LogP contribution in [0.15, 0.2) is 53.4 Å². The van der Waals surface area contributed by atoms with Gasteiger partial charge in [0.2, 0.25) is 0 Å². The molecule has 0 unspecified atom stereocenters. The number of benzene rings is 2. The lowest BCUT2D eigenvalue weighted by Gasteiger charge is -2.13. The van der Waals surface area contributed by atoms with Gasteiger partial charge in [-0.2, -0.15) is 0 Å². The Morgan fingerprint density at radius 2 is 2.00 bits per heavy atom. The number of phenolic OH excluding ortho intramolecular Hbond substituents is 1. The van der Waals surface area contributed by atoms with Gasteiger partial charge in [-0.3, -0.25) is 9.69 Å². The molecule has 0 bridgehead atoms. The third-order valence-corrected chi connectivity index (χ3v) is 4.69. The van der Waals surface area contributed by atoms with Crippen molar-refractivity contribution >= 4 is 46.0 Å². The van der Waals surface area contributed by atoms with Crippen molar-refractivity contribution in [2.24, 2.45) is 0 Å². The maximum Gasteiger partial charge on any atom is 0.270 e. The summed E-state index contributed by atoms with van der Waals surface area (Å²) in [7, 11) is 0. The first-order chi connectivity index (χ1) is 11.6. The van der Waals surface area contributed by atoms with E-state index in [0.29, 0.717) is 21.6 Å². The molecule has 1 saturated heterocycles. The van der Waals surface area contributed by atoms with E-state index in [0.717, 1.165) is 11.3 Å². The minimum atomic E-state index is -0.151. The van der Waals surface area contributed by atoms with E-state index in [1.54, 1.807) is 24.3 Å². The standard InChI is InChI=1S/C18H15NO3S2/c1-2-22-15-10-12(8-9-14(15)20)11-16-17(21)19(18(23)24-16)13-6-4-3-5-7-13/h3-11,20H,2H2,1H3/b16-11+. The van der Waals surface area contributed by atoms with E-state index >= 15 is 0 Å². The van der Waals surface area contributed by atoms with E-state index in [9.17, 15) is 9.90 Å². The molecule has 1 N–H and O–H groups in total. The van der Waals surface area contributed by atoms with Crippen molar-refractivity contribution in [1.29, 1.82) is 0 Å². The number of carbonyl (C=O) groups is 1. The molecule has 2 aromatic rings. The molecular formula is C18H15NO3S2. The van der Waals surface area contributed by atoms with Crippen LogP contribution in [0.2, 0.25) is 0 Å². The molecule has 1 aliphatic rings. The SMILES string of the molecule is CCOc1cc(/C=C2/SC(=S)N(c3ccccc3)C2=O)ccc1O. The van der Waals surface area contributed by atoms with Gasteiger partial charge >= 0.3 is 0 Å². The normalized spacial score (nSPS) is 16.0. The van der Waals surface area contributed by atoms with Crippen molar-refractivity contribution < 1.29 is 14.6 Å². The predicted octanol–water partition coefficient (Wildman–Crippen LogP) is 4.20. The summed E-state index contributed by atoms with van der Waals surface area (Å²) in [6.45, 7) is 2.30. The second kappa shape index (κ2) is 7.07. The molecule has 1 aliphatic heterocycles. The summed E-state index contributed by atoms with van der Waals surface area (Å²) in [5.41, 5.74) is 1.52. The number of ether oxygens (including phenoxy) is 1. The highest BCUT2D eigenvalue weighted by molar-refractivity contribution is 8.27. The van der Waals surface area contributed by atoms with Crippen LogP contribution in [-0.2, 0) is 4.79 Å². The molecule has 1 fully saturated rings. The molecule has 0 spiro atoms. The number of thiocarbonyl (C=S) groups is 1. The Bertz CT molecular complexity index is 818. The van der Waals surface area contributed by atoms with Gasteiger partial charge in [-0.1, -0.05) is 48.2 Å². The van der Waals surface area contributed by atoms with Crippen LogP contribution in [-0.4, -0.2) is 21.9 Å². The summed E-state index contributed by atoms with van der Waals surface area (Å²) in [6, 6.07) is 14.3. The number of nitrogens with zero attached hydrogens (tertiary/aromatic N) is 1. The summed E-state index contributed by atoms with van der Waals surface area (Å²) >= 11 is 6.60. The fourth-order valence-electron chi connectivity index (χ4n) is 2.31. The Morgan fingerprint density at radius 3 is 2.71 bits per heavy atom. The fraction of sp³-hybridized carbons (Fsp3) is 0.111. The molecule has 1 amide bonds. The molecule has 0 radical (unpaired) electrons. The summed E-state index contributed by atoms with van der Waals surface area (Å²) in [4.78, 5) is 14.7. The number of hydrogen-bond acceptors (Lipinski definition) is 5. The van der Waals surface area contributed by atoms with Crippen molar-refractivity contribution in [3.8, 4) is 11.5 Å². The molecule has 6 heteroatoms. The van der Waals surface area contributed by atoms with Gasteiger partial charge in [0, 0.05) is 0 Å². The van der Waals surface area contributed by atoms with E-state index in [2.05, 4.69) is 0 Å². The van der Waals surface area contributed by atoms with Gasteiger partial charge in [-0.05, 0) is 42.8 Å². The molecule has 0 saturated carbocycles. The molecule has 0 aliphatic carbocycles. The van der Waals surface area contributed by atoms with E-state index < -0.39 is 0 Å². The van der Waals surface area contributed by atoms with Crippen LogP contribution >= 0.6 is 24.0 Å². The van der Waals surface area contributed by atoms with Crippen LogP contribution in [0.1, 0.15) is 12.5 Å². The largest absolute Gasteiger partial charge is 0.504 e. The van der Waals surface area contributed by atoms with Gasteiger partial charge < -0.3 is 9.84 Å². The average molecular weight is 357 g/mol. The highest BCUT2D eigenvalue weighted by Gasteiger charge is 2.33. The summed E-state index contributed by atoms with van der Waals surface area (Å²) in [5.74, 6) is 0.317. The summed E-state index contributed by atoms with van der Waals surface area (Å²) in [5, 5.41) is 9.76. The van der Waals surface area contributed by atoms with Crippen molar-refractivity contribution in [3.63, 3.8) is 0 Å². The third-order valence-electron chi connectivity index (χ3n) is 3.39. The molecule has 2 aromatic carbocycles. The number of para-hydroxylation sites is 1. The molecule has 3 rings (SSSR count). The number of amides is 1. The Balaban J connectivity index is 1.91. The molecule has 24 heavy (non-hydrogen) atoms. The van der Waals surface area contributed by atoms with E-state index in [1.165, 1.54) is 16.7 Å². The van der Waals surface area contributed by atoms with Gasteiger partial charge in [0.25, 0.3) is 5.91 Å². The number of hydrogen-bond donors (Lipinski definition) is 1. The van der Waals surface area contributed by atoms with Gasteiger partial charge in [-0.15, -0.1) is 0 Å². The Kier molecular flexibility index (Phi) is 4.87. The minimum absolute atomic E-state index is 0.0748. The zero-order valence-corrected chi connectivity index (χ0v) is 14.6. The summed E-state index contributed by atoms with van der Waals surface area (Å²) < 4.78 is 5.87. The zero-order valence-electron chi connectivity index (χ0n) is 12.9. The van der Waals surface area contributed by atoms with Gasteiger partial charge in [-0.25, -0.2) is 0 Å². The van der Waals surface area contributed by atoms with Crippen LogP contribution in [0, 0.1) is 0 Å². The van der Waals surface area contributed by atoms with Crippen LogP contribution < -0.4 is 9.64 Å². The minimum Gasteiger partial charge on any atom is -0.504 e. The van der Waals surface area contributed by atoms with E-state index in [-0.39, 0.29) is 11.7 Å². The van der Waals surface area contributed by atoms with Crippen LogP contribution in [0.25, 0.3) is 6.08 Å². The van der Waals surface area contributed by atoms with E-state index in [1.807, 2.05) is 37.3 Å². The van der Waals surface area contributed by atoms with Crippen LogP contribution in [0.5, 0.6) is 11.5 Å². The molecule has 4 nitrogen and oxygen atoms in total. The molecular weight excluding hydrogens is 342 g/mol. The fourth-order valence-corrected chi connectivity index (χ4v) is 3.61. The number of aromatic hydroxyl groups is 1.